The van der Waals surface area contributed by atoms with Crippen molar-refractivity contribution in [3.63, 3.8) is 0 Å². The molecule has 0 spiro atoms. The van der Waals surface area contributed by atoms with Crippen molar-refractivity contribution in [2.75, 3.05) is 13.7 Å². The van der Waals surface area contributed by atoms with Gasteiger partial charge in [0.15, 0.2) is 6.04 Å². The van der Waals surface area contributed by atoms with Crippen LogP contribution in [0, 0.1) is 5.41 Å². The van der Waals surface area contributed by atoms with E-state index in [2.05, 4.69) is 4.74 Å². The van der Waals surface area contributed by atoms with Crippen LogP contribution >= 0.6 is 0 Å². The van der Waals surface area contributed by atoms with Crippen LogP contribution in [0.3, 0.4) is 0 Å². The molecule has 0 N–H and O–H groups in total. The molecule has 5 heteroatoms. The fourth-order valence-electron chi connectivity index (χ4n) is 1.67. The highest BCUT2D eigenvalue weighted by molar-refractivity contribution is 5.78. The van der Waals surface area contributed by atoms with E-state index in [9.17, 15) is 9.59 Å². The van der Waals surface area contributed by atoms with Crippen LogP contribution in [0.4, 0.5) is 0 Å². The summed E-state index contributed by atoms with van der Waals surface area (Å²) in [5, 5.41) is 0. The minimum Gasteiger partial charge on any atom is -0.467 e. The molecule has 5 nitrogen and oxygen atoms in total. The van der Waals surface area contributed by atoms with Gasteiger partial charge >= 0.3 is 5.97 Å². The summed E-state index contributed by atoms with van der Waals surface area (Å²) in [5.74, 6) is -0.436. The number of amides is 1. The van der Waals surface area contributed by atoms with Crippen LogP contribution < -0.4 is 0 Å². The first kappa shape index (κ1) is 12.0. The van der Waals surface area contributed by atoms with Crippen LogP contribution in [-0.4, -0.2) is 43.3 Å². The average Bonchev–Trinajstić information content (AvgIpc) is 2.59. The molecule has 0 bridgehead atoms. The van der Waals surface area contributed by atoms with Crippen molar-refractivity contribution in [3.05, 3.63) is 0 Å². The molecule has 0 aromatic heterocycles. The summed E-state index contributed by atoms with van der Waals surface area (Å²) in [6.07, 6.45) is 0.268. The van der Waals surface area contributed by atoms with Gasteiger partial charge in [0, 0.05) is 5.41 Å². The zero-order valence-electron chi connectivity index (χ0n) is 9.52. The molecular formula is C10H17NO4. The van der Waals surface area contributed by atoms with Crippen molar-refractivity contribution in [1.82, 2.24) is 4.90 Å². The Morgan fingerprint density at radius 1 is 1.53 bits per heavy atom. The van der Waals surface area contributed by atoms with Gasteiger partial charge in [0.1, 0.15) is 6.23 Å². The molecule has 0 aromatic rings. The summed E-state index contributed by atoms with van der Waals surface area (Å²) in [7, 11) is 1.30. The summed E-state index contributed by atoms with van der Waals surface area (Å²) < 4.78 is 10.1. The second-order valence-electron chi connectivity index (χ2n) is 4.64. The summed E-state index contributed by atoms with van der Waals surface area (Å²) in [6.45, 7) is 6.06. The van der Waals surface area contributed by atoms with Gasteiger partial charge in [0.25, 0.3) is 0 Å². The highest BCUT2D eigenvalue weighted by atomic mass is 16.5. The van der Waals surface area contributed by atoms with E-state index in [1.165, 1.54) is 12.0 Å². The lowest BCUT2D eigenvalue weighted by atomic mass is 9.93. The van der Waals surface area contributed by atoms with Crippen molar-refractivity contribution < 1.29 is 19.1 Å². The quantitative estimate of drug-likeness (QED) is 0.494. The number of carbonyl (C=O) groups excluding carboxylic acids is 2. The Bertz CT molecular complexity index is 259. The maximum absolute atomic E-state index is 11.4. The van der Waals surface area contributed by atoms with Gasteiger partial charge in [-0.15, -0.1) is 0 Å². The molecule has 86 valence electrons. The molecule has 0 aromatic carbocycles. The molecule has 1 amide bonds. The molecule has 15 heavy (non-hydrogen) atoms. The van der Waals surface area contributed by atoms with Crippen molar-refractivity contribution in [2.45, 2.75) is 33.0 Å². The van der Waals surface area contributed by atoms with Gasteiger partial charge in [-0.05, 0) is 0 Å². The maximum atomic E-state index is 11.4. The van der Waals surface area contributed by atoms with Gasteiger partial charge in [-0.3, -0.25) is 4.79 Å². The monoisotopic (exact) mass is 215 g/mol. The Hall–Kier alpha value is -1.10. The molecule has 1 saturated heterocycles. The first-order valence-corrected chi connectivity index (χ1v) is 4.84. The minimum atomic E-state index is -0.614. The van der Waals surface area contributed by atoms with Crippen LogP contribution in [0.2, 0.25) is 0 Å². The summed E-state index contributed by atoms with van der Waals surface area (Å²) >= 11 is 0. The molecule has 1 aliphatic rings. The van der Waals surface area contributed by atoms with Crippen molar-refractivity contribution >= 4 is 12.4 Å². The molecule has 1 fully saturated rings. The third-order valence-corrected chi connectivity index (χ3v) is 2.38. The number of rotatable bonds is 2. The van der Waals surface area contributed by atoms with Crippen molar-refractivity contribution in [1.29, 1.82) is 0 Å². The standard InChI is InChI=1S/C10H17NO4/c1-10(2,3)9-11(6-12)7(5-15-9)8(13)14-4/h6-7,9H,5H2,1-4H3/t7?,9-/m0/s1. The highest BCUT2D eigenvalue weighted by Gasteiger charge is 2.44. The molecule has 0 saturated carbocycles. The Morgan fingerprint density at radius 3 is 2.53 bits per heavy atom. The number of ether oxygens (including phenoxy) is 2. The minimum absolute atomic E-state index is 0.202. The lowest BCUT2D eigenvalue weighted by molar-refractivity contribution is -0.150. The lowest BCUT2D eigenvalue weighted by Gasteiger charge is -2.32. The molecule has 1 rings (SSSR count). The van der Waals surface area contributed by atoms with Crippen molar-refractivity contribution in [3.8, 4) is 0 Å². The first-order chi connectivity index (χ1) is 6.91. The van der Waals surface area contributed by atoms with Gasteiger partial charge in [-0.2, -0.15) is 0 Å². The fourth-order valence-corrected chi connectivity index (χ4v) is 1.67. The predicted octanol–water partition coefficient (Wildman–Crippen LogP) is 0.389. The molecule has 0 aliphatic carbocycles. The van der Waals surface area contributed by atoms with E-state index in [4.69, 9.17) is 4.74 Å². The molecule has 1 heterocycles. The zero-order valence-corrected chi connectivity index (χ0v) is 9.52. The van der Waals surface area contributed by atoms with Gasteiger partial charge in [0.2, 0.25) is 6.41 Å². The van der Waals surface area contributed by atoms with Gasteiger partial charge in [0.05, 0.1) is 13.7 Å². The summed E-state index contributed by atoms with van der Waals surface area (Å²) in [6, 6.07) is -0.614. The van der Waals surface area contributed by atoms with E-state index in [-0.39, 0.29) is 18.2 Å². The van der Waals surface area contributed by atoms with E-state index >= 15 is 0 Å². The summed E-state index contributed by atoms with van der Waals surface area (Å²) in [4.78, 5) is 23.7. The number of nitrogens with zero attached hydrogens (tertiary/aromatic N) is 1. The van der Waals surface area contributed by atoms with E-state index in [0.29, 0.717) is 6.41 Å². The molecule has 2 atom stereocenters. The second kappa shape index (κ2) is 4.18. The topological polar surface area (TPSA) is 55.8 Å². The third kappa shape index (κ3) is 2.28. The smallest absolute Gasteiger partial charge is 0.331 e. The van der Waals surface area contributed by atoms with Crippen LogP contribution in [-0.2, 0) is 19.1 Å². The number of carbonyl (C=O) groups is 2. The number of esters is 1. The molecular weight excluding hydrogens is 198 g/mol. The van der Waals surface area contributed by atoms with Gasteiger partial charge < -0.3 is 14.4 Å². The third-order valence-electron chi connectivity index (χ3n) is 2.38. The first-order valence-electron chi connectivity index (χ1n) is 4.84. The number of hydrogen-bond acceptors (Lipinski definition) is 4. The maximum Gasteiger partial charge on any atom is 0.331 e. The van der Waals surface area contributed by atoms with Crippen molar-refractivity contribution in [2.24, 2.45) is 5.41 Å². The number of hydrogen-bond donors (Lipinski definition) is 0. The van der Waals surface area contributed by atoms with Crippen LogP contribution in [0.5, 0.6) is 0 Å². The Kier molecular flexibility index (Phi) is 3.34. The van der Waals surface area contributed by atoms with E-state index in [1.807, 2.05) is 20.8 Å². The molecule has 0 radical (unpaired) electrons. The summed E-state index contributed by atoms with van der Waals surface area (Å²) in [5.41, 5.74) is -0.219. The zero-order chi connectivity index (χ0) is 11.6. The molecule has 1 unspecified atom stereocenters. The Balaban J connectivity index is 2.83. The Morgan fingerprint density at radius 2 is 2.13 bits per heavy atom. The Labute approximate surface area is 89.3 Å². The van der Waals surface area contributed by atoms with Gasteiger partial charge in [-0.25, -0.2) is 4.79 Å². The normalized spacial score (nSPS) is 26.5. The molecule has 1 aliphatic heterocycles. The highest BCUT2D eigenvalue weighted by Crippen LogP contribution is 2.30. The van der Waals surface area contributed by atoms with Crippen LogP contribution in [0.1, 0.15) is 20.8 Å². The number of methoxy groups -OCH3 is 1. The predicted molar refractivity (Wildman–Crippen MR) is 52.9 cm³/mol. The van der Waals surface area contributed by atoms with Gasteiger partial charge in [-0.1, -0.05) is 20.8 Å². The van der Waals surface area contributed by atoms with Crippen LogP contribution in [0.15, 0.2) is 0 Å². The van der Waals surface area contributed by atoms with E-state index in [1.54, 1.807) is 0 Å². The fraction of sp³-hybridized carbons (Fsp3) is 0.800. The largest absolute Gasteiger partial charge is 0.467 e. The van der Waals surface area contributed by atoms with E-state index < -0.39 is 12.0 Å². The lowest BCUT2D eigenvalue weighted by Crippen LogP contribution is -2.46. The SMILES string of the molecule is COC(=O)C1CO[C@@H](C(C)(C)C)N1C=O. The second-order valence-corrected chi connectivity index (χ2v) is 4.64. The van der Waals surface area contributed by atoms with E-state index in [0.717, 1.165) is 0 Å². The van der Waals surface area contributed by atoms with Crippen LogP contribution in [0.25, 0.3) is 0 Å². The average molecular weight is 215 g/mol.